The van der Waals surface area contributed by atoms with E-state index in [1.807, 2.05) is 18.2 Å². The molecule has 0 fully saturated rings. The first-order valence-corrected chi connectivity index (χ1v) is 8.32. The SMILES string of the molecule is N#C/C(=C(/O)COC(=O)C=Cc1cccc(Cl)c1)c1nc2ccccc2[nH]1. The quantitative estimate of drug-likeness (QED) is 0.298. The highest BCUT2D eigenvalue weighted by molar-refractivity contribution is 6.30. The van der Waals surface area contributed by atoms with Crippen LogP contribution in [0.5, 0.6) is 0 Å². The van der Waals surface area contributed by atoms with Gasteiger partial charge in [-0.05, 0) is 35.9 Å². The molecule has 7 heteroatoms. The maximum Gasteiger partial charge on any atom is 0.331 e. The summed E-state index contributed by atoms with van der Waals surface area (Å²) in [6, 6.07) is 16.1. The van der Waals surface area contributed by atoms with Gasteiger partial charge in [-0.25, -0.2) is 9.78 Å². The number of halogens is 1. The number of nitriles is 1. The number of hydrogen-bond acceptors (Lipinski definition) is 5. The zero-order valence-corrected chi connectivity index (χ0v) is 14.8. The molecule has 0 aliphatic heterocycles. The molecule has 3 rings (SSSR count). The first-order valence-electron chi connectivity index (χ1n) is 7.94. The molecule has 6 nitrogen and oxygen atoms in total. The Morgan fingerprint density at radius 3 is 2.85 bits per heavy atom. The van der Waals surface area contributed by atoms with Crippen molar-refractivity contribution in [1.29, 1.82) is 5.26 Å². The van der Waals surface area contributed by atoms with Crippen molar-refractivity contribution in [1.82, 2.24) is 9.97 Å². The minimum absolute atomic E-state index is 0.0854. The van der Waals surface area contributed by atoms with Gasteiger partial charge in [0.05, 0.1) is 11.0 Å². The predicted molar refractivity (Wildman–Crippen MR) is 103 cm³/mol. The van der Waals surface area contributed by atoms with Gasteiger partial charge in [0.15, 0.2) is 11.6 Å². The molecule has 0 aliphatic rings. The van der Waals surface area contributed by atoms with E-state index in [9.17, 15) is 15.2 Å². The van der Waals surface area contributed by atoms with E-state index in [-0.39, 0.29) is 17.2 Å². The van der Waals surface area contributed by atoms with Crippen molar-refractivity contribution in [2.75, 3.05) is 6.61 Å². The highest BCUT2D eigenvalue weighted by atomic mass is 35.5. The summed E-state index contributed by atoms with van der Waals surface area (Å²) in [6.45, 7) is -0.446. The lowest BCUT2D eigenvalue weighted by molar-refractivity contribution is -0.137. The number of esters is 1. The number of aromatic nitrogens is 2. The van der Waals surface area contributed by atoms with Crippen LogP contribution in [0, 0.1) is 11.3 Å². The van der Waals surface area contributed by atoms with E-state index >= 15 is 0 Å². The van der Waals surface area contributed by atoms with Crippen LogP contribution in [-0.2, 0) is 9.53 Å². The second-order valence-corrected chi connectivity index (χ2v) is 5.97. The second kappa shape index (κ2) is 8.21. The maximum atomic E-state index is 11.8. The topological polar surface area (TPSA) is 99.0 Å². The summed E-state index contributed by atoms with van der Waals surface area (Å²) in [5, 5.41) is 20.0. The van der Waals surface area contributed by atoms with Gasteiger partial charge in [-0.15, -0.1) is 0 Å². The van der Waals surface area contributed by atoms with Crippen LogP contribution in [-0.4, -0.2) is 27.7 Å². The van der Waals surface area contributed by atoms with Crippen LogP contribution in [0.4, 0.5) is 0 Å². The van der Waals surface area contributed by atoms with Crippen molar-refractivity contribution in [3.05, 3.63) is 76.8 Å². The molecule has 0 unspecified atom stereocenters. The number of aliphatic hydroxyl groups is 1. The number of carbonyl (C=O) groups excluding carboxylic acids is 1. The smallest absolute Gasteiger partial charge is 0.331 e. The third-order valence-corrected chi connectivity index (χ3v) is 3.87. The first-order chi connectivity index (χ1) is 13.1. The van der Waals surface area contributed by atoms with Gasteiger partial charge in [-0.1, -0.05) is 35.9 Å². The fourth-order valence-corrected chi connectivity index (χ4v) is 2.56. The van der Waals surface area contributed by atoms with Crippen molar-refractivity contribution < 1.29 is 14.6 Å². The van der Waals surface area contributed by atoms with Crippen LogP contribution in [0.2, 0.25) is 5.02 Å². The Hall–Kier alpha value is -3.56. The van der Waals surface area contributed by atoms with Gasteiger partial charge < -0.3 is 14.8 Å². The van der Waals surface area contributed by atoms with Crippen LogP contribution in [0.25, 0.3) is 22.7 Å². The average molecular weight is 380 g/mol. The summed E-state index contributed by atoms with van der Waals surface area (Å²) in [6.07, 6.45) is 2.76. The number of allylic oxidation sites excluding steroid dienone is 1. The summed E-state index contributed by atoms with van der Waals surface area (Å²) in [7, 11) is 0. The van der Waals surface area contributed by atoms with Crippen molar-refractivity contribution >= 4 is 40.3 Å². The molecular formula is C20H14ClN3O3. The molecule has 0 saturated carbocycles. The number of aliphatic hydroxyl groups excluding tert-OH is 1. The third kappa shape index (κ3) is 4.54. The average Bonchev–Trinajstić information content (AvgIpc) is 3.09. The zero-order valence-electron chi connectivity index (χ0n) is 14.0. The summed E-state index contributed by atoms with van der Waals surface area (Å²) in [5.74, 6) is -0.841. The molecule has 3 aromatic rings. The molecular weight excluding hydrogens is 366 g/mol. The number of carbonyl (C=O) groups is 1. The van der Waals surface area contributed by atoms with Gasteiger partial charge >= 0.3 is 5.97 Å². The number of benzene rings is 2. The molecule has 134 valence electrons. The Morgan fingerprint density at radius 1 is 1.30 bits per heavy atom. The second-order valence-electron chi connectivity index (χ2n) is 5.53. The number of para-hydroxylation sites is 2. The van der Waals surface area contributed by atoms with Gasteiger partial charge in [0, 0.05) is 11.1 Å². The molecule has 2 N–H and O–H groups in total. The lowest BCUT2D eigenvalue weighted by atomic mass is 10.2. The normalized spacial score (nSPS) is 12.0. The Morgan fingerprint density at radius 2 is 2.11 bits per heavy atom. The largest absolute Gasteiger partial charge is 0.507 e. The molecule has 0 bridgehead atoms. The van der Waals surface area contributed by atoms with Crippen LogP contribution in [0.3, 0.4) is 0 Å². The number of nitrogens with zero attached hydrogens (tertiary/aromatic N) is 2. The van der Waals surface area contributed by atoms with Gasteiger partial charge in [0.2, 0.25) is 0 Å². The zero-order chi connectivity index (χ0) is 19.2. The highest BCUT2D eigenvalue weighted by Crippen LogP contribution is 2.19. The lowest BCUT2D eigenvalue weighted by Crippen LogP contribution is -2.06. The Balaban J connectivity index is 1.69. The van der Waals surface area contributed by atoms with Crippen molar-refractivity contribution in [3.8, 4) is 6.07 Å². The lowest BCUT2D eigenvalue weighted by Gasteiger charge is -2.03. The number of ether oxygens (including phenoxy) is 1. The fraction of sp³-hybridized carbons (Fsp3) is 0.0500. The van der Waals surface area contributed by atoms with E-state index in [0.29, 0.717) is 10.5 Å². The standard InChI is InChI=1S/C20H14ClN3O3/c21-14-5-3-4-13(10-14)8-9-19(26)27-12-18(25)15(11-22)20-23-16-6-1-2-7-17(16)24-20/h1-10,25H,12H2,(H,23,24)/b9-8?,18-15-. The minimum atomic E-state index is -0.663. The van der Waals surface area contributed by atoms with Gasteiger partial charge in [-0.2, -0.15) is 5.26 Å². The number of fused-ring (bicyclic) bond motifs is 1. The molecule has 2 aromatic carbocycles. The Kier molecular flexibility index (Phi) is 5.55. The minimum Gasteiger partial charge on any atom is -0.507 e. The molecule has 0 spiro atoms. The monoisotopic (exact) mass is 379 g/mol. The molecule has 0 aliphatic carbocycles. The highest BCUT2D eigenvalue weighted by Gasteiger charge is 2.14. The van der Waals surface area contributed by atoms with E-state index in [4.69, 9.17) is 16.3 Å². The molecule has 27 heavy (non-hydrogen) atoms. The number of imidazole rings is 1. The number of H-pyrrole nitrogens is 1. The van der Waals surface area contributed by atoms with E-state index in [2.05, 4.69) is 9.97 Å². The number of hydrogen-bond donors (Lipinski definition) is 2. The first kappa shape index (κ1) is 18.2. The molecule has 0 radical (unpaired) electrons. The van der Waals surface area contributed by atoms with Crippen LogP contribution < -0.4 is 0 Å². The number of nitrogens with one attached hydrogen (secondary N) is 1. The van der Waals surface area contributed by atoms with Crippen LogP contribution >= 0.6 is 11.6 Å². The van der Waals surface area contributed by atoms with Gasteiger partial charge in [-0.3, -0.25) is 0 Å². The van der Waals surface area contributed by atoms with Crippen molar-refractivity contribution in [2.24, 2.45) is 0 Å². The van der Waals surface area contributed by atoms with E-state index < -0.39 is 12.6 Å². The number of aromatic amines is 1. The van der Waals surface area contributed by atoms with Gasteiger partial charge in [0.1, 0.15) is 18.2 Å². The van der Waals surface area contributed by atoms with E-state index in [1.54, 1.807) is 42.5 Å². The summed E-state index contributed by atoms with van der Waals surface area (Å²) in [5.41, 5.74) is 2.04. The maximum absolute atomic E-state index is 11.8. The summed E-state index contributed by atoms with van der Waals surface area (Å²) >= 11 is 5.87. The van der Waals surface area contributed by atoms with Crippen LogP contribution in [0.15, 0.2) is 60.4 Å². The summed E-state index contributed by atoms with van der Waals surface area (Å²) < 4.78 is 4.97. The van der Waals surface area contributed by atoms with Crippen molar-refractivity contribution in [2.45, 2.75) is 0 Å². The number of rotatable bonds is 5. The molecule has 0 atom stereocenters. The van der Waals surface area contributed by atoms with Crippen LogP contribution in [0.1, 0.15) is 11.4 Å². The molecule has 0 amide bonds. The van der Waals surface area contributed by atoms with Crippen molar-refractivity contribution in [3.63, 3.8) is 0 Å². The molecule has 1 heterocycles. The Bertz CT molecular complexity index is 1060. The summed E-state index contributed by atoms with van der Waals surface area (Å²) in [4.78, 5) is 19.0. The molecule has 1 aromatic heterocycles. The fourth-order valence-electron chi connectivity index (χ4n) is 2.36. The van der Waals surface area contributed by atoms with E-state index in [0.717, 1.165) is 11.1 Å². The molecule has 0 saturated heterocycles. The third-order valence-electron chi connectivity index (χ3n) is 3.64. The van der Waals surface area contributed by atoms with Gasteiger partial charge in [0.25, 0.3) is 0 Å². The Labute approximate surface area is 160 Å². The predicted octanol–water partition coefficient (Wildman–Crippen LogP) is 4.27. The van der Waals surface area contributed by atoms with E-state index in [1.165, 1.54) is 6.08 Å².